The fraction of sp³-hybridized carbons (Fsp3) is 0.429. The van der Waals surface area contributed by atoms with Crippen molar-refractivity contribution in [2.24, 2.45) is 0 Å². The zero-order valence-corrected chi connectivity index (χ0v) is 19.1. The fourth-order valence-electron chi connectivity index (χ4n) is 3.27. The lowest BCUT2D eigenvalue weighted by Gasteiger charge is -2.35. The molecule has 1 heterocycles. The third-order valence-electron chi connectivity index (χ3n) is 5.08. The van der Waals surface area contributed by atoms with Gasteiger partial charge in [0.1, 0.15) is 0 Å². The van der Waals surface area contributed by atoms with Crippen molar-refractivity contribution in [3.05, 3.63) is 57.4 Å². The molecule has 1 aromatic rings. The minimum absolute atomic E-state index is 0.160. The van der Waals surface area contributed by atoms with Crippen molar-refractivity contribution in [1.82, 2.24) is 4.90 Å². The number of carbonyl (C=O) groups excluding carboxylic acids is 1. The number of carboxylic acid groups (broad SMARTS) is 1. The average molecular weight is 422 g/mol. The van der Waals surface area contributed by atoms with Gasteiger partial charge in [0.2, 0.25) is 0 Å². The normalized spacial score (nSPS) is 17.8. The van der Waals surface area contributed by atoms with Gasteiger partial charge in [-0.3, -0.25) is 0 Å². The van der Waals surface area contributed by atoms with Gasteiger partial charge in [-0.1, -0.05) is 43.4 Å². The molecule has 0 fully saturated rings. The molecule has 5 nitrogen and oxygen atoms in total. The maximum Gasteiger partial charge on any atom is 0.336 e. The van der Waals surface area contributed by atoms with Gasteiger partial charge in [0.05, 0.1) is 23.7 Å². The molecular weight excluding hydrogens is 394 g/mol. The summed E-state index contributed by atoms with van der Waals surface area (Å²) in [6, 6.07) is 7.83. The molecule has 1 atom stereocenters. The Morgan fingerprint density at radius 2 is 1.79 bits per heavy atom. The van der Waals surface area contributed by atoms with E-state index in [1.807, 2.05) is 6.92 Å². The molecule has 0 bridgehead atoms. The number of aliphatic carboxylic acids is 1. The SMILES string of the molecule is CC1=C(C(=O)O)C(c2cccc(Cl)c2)C(C(=O)OCC[Si](C)(C)C)=C(C)N1C. The molecule has 1 unspecified atom stereocenters. The van der Waals surface area contributed by atoms with Crippen molar-refractivity contribution in [2.45, 2.75) is 45.5 Å². The molecule has 2 rings (SSSR count). The molecule has 152 valence electrons. The average Bonchev–Trinajstić information content (AvgIpc) is 2.57. The maximum atomic E-state index is 13.0. The van der Waals surface area contributed by atoms with Gasteiger partial charge in [0, 0.05) is 31.5 Å². The second kappa shape index (κ2) is 8.53. The highest BCUT2D eigenvalue weighted by Gasteiger charge is 2.39. The first-order valence-corrected chi connectivity index (χ1v) is 13.3. The van der Waals surface area contributed by atoms with Crippen LogP contribution in [0, 0.1) is 0 Å². The summed E-state index contributed by atoms with van der Waals surface area (Å²) in [6.07, 6.45) is 0. The topological polar surface area (TPSA) is 66.8 Å². The Morgan fingerprint density at radius 3 is 2.32 bits per heavy atom. The van der Waals surface area contributed by atoms with Gasteiger partial charge in [-0.25, -0.2) is 9.59 Å². The van der Waals surface area contributed by atoms with E-state index < -0.39 is 25.9 Å². The molecule has 0 saturated heterocycles. The molecule has 28 heavy (non-hydrogen) atoms. The number of carbonyl (C=O) groups is 2. The lowest BCUT2D eigenvalue weighted by Crippen LogP contribution is -2.33. The van der Waals surface area contributed by atoms with Crippen LogP contribution in [0.4, 0.5) is 0 Å². The molecule has 1 N–H and O–H groups in total. The van der Waals surface area contributed by atoms with E-state index in [0.29, 0.717) is 34.2 Å². The fourth-order valence-corrected chi connectivity index (χ4v) is 4.18. The van der Waals surface area contributed by atoms with Crippen LogP contribution in [-0.2, 0) is 14.3 Å². The van der Waals surface area contributed by atoms with Gasteiger partial charge < -0.3 is 14.7 Å². The Kier molecular flexibility index (Phi) is 6.78. The van der Waals surface area contributed by atoms with Gasteiger partial charge in [-0.15, -0.1) is 0 Å². The van der Waals surface area contributed by atoms with Crippen LogP contribution in [0.15, 0.2) is 46.8 Å². The molecule has 0 spiro atoms. The summed E-state index contributed by atoms with van der Waals surface area (Å²) < 4.78 is 5.58. The highest BCUT2D eigenvalue weighted by Crippen LogP contribution is 2.42. The Labute approximate surface area is 172 Å². The summed E-state index contributed by atoms with van der Waals surface area (Å²) in [5.41, 5.74) is 2.45. The van der Waals surface area contributed by atoms with Crippen LogP contribution in [0.25, 0.3) is 0 Å². The molecule has 0 aliphatic carbocycles. The van der Waals surface area contributed by atoms with Gasteiger partial charge in [-0.05, 0) is 37.6 Å². The molecule has 1 aromatic carbocycles. The Hall–Kier alpha value is -2.05. The number of hydrogen-bond acceptors (Lipinski definition) is 4. The van der Waals surface area contributed by atoms with Gasteiger partial charge >= 0.3 is 11.9 Å². The summed E-state index contributed by atoms with van der Waals surface area (Å²) in [6.45, 7) is 10.5. The number of nitrogens with zero attached hydrogens (tertiary/aromatic N) is 1. The first kappa shape index (κ1) is 22.2. The van der Waals surface area contributed by atoms with Gasteiger partial charge in [0.25, 0.3) is 0 Å². The molecule has 1 aliphatic heterocycles. The van der Waals surface area contributed by atoms with E-state index in [-0.39, 0.29) is 5.57 Å². The standard InChI is InChI=1S/C21H28ClNO4Si/c1-13-17(20(24)25)19(15-8-7-9-16(22)12-15)18(14(2)23(13)3)21(26)27-10-11-28(4,5)6/h7-9,12,19H,10-11H2,1-6H3,(H,24,25). The van der Waals surface area contributed by atoms with Crippen LogP contribution in [0.3, 0.4) is 0 Å². The third-order valence-corrected chi connectivity index (χ3v) is 7.02. The number of benzene rings is 1. The van der Waals surface area contributed by atoms with Crippen molar-refractivity contribution in [3.8, 4) is 0 Å². The number of allylic oxidation sites excluding steroid dienone is 2. The minimum atomic E-state index is -1.36. The molecule has 0 amide bonds. The van der Waals surface area contributed by atoms with E-state index in [0.717, 1.165) is 6.04 Å². The molecular formula is C21H28ClNO4Si. The third kappa shape index (κ3) is 4.86. The van der Waals surface area contributed by atoms with E-state index in [4.69, 9.17) is 16.3 Å². The molecule has 1 aliphatic rings. The predicted molar refractivity (Wildman–Crippen MR) is 114 cm³/mol. The number of hydrogen-bond donors (Lipinski definition) is 1. The van der Waals surface area contributed by atoms with Crippen molar-refractivity contribution >= 4 is 31.6 Å². The number of rotatable bonds is 6. The second-order valence-corrected chi connectivity index (χ2v) is 14.4. The molecule has 7 heteroatoms. The Morgan fingerprint density at radius 1 is 1.18 bits per heavy atom. The lowest BCUT2D eigenvalue weighted by molar-refractivity contribution is -0.139. The Bertz CT molecular complexity index is 854. The van der Waals surface area contributed by atoms with Crippen molar-refractivity contribution in [1.29, 1.82) is 0 Å². The summed E-state index contributed by atoms with van der Waals surface area (Å²) in [4.78, 5) is 26.9. The first-order valence-electron chi connectivity index (χ1n) is 9.25. The van der Waals surface area contributed by atoms with Crippen LogP contribution in [0.5, 0.6) is 0 Å². The number of esters is 1. The van der Waals surface area contributed by atoms with Crippen molar-refractivity contribution in [2.75, 3.05) is 13.7 Å². The number of carboxylic acids is 1. The van der Waals surface area contributed by atoms with Gasteiger partial charge in [-0.2, -0.15) is 0 Å². The first-order chi connectivity index (χ1) is 12.9. The Balaban J connectivity index is 2.52. The minimum Gasteiger partial charge on any atom is -0.478 e. The zero-order chi connectivity index (χ0) is 21.2. The van der Waals surface area contributed by atoms with Crippen LogP contribution in [-0.4, -0.2) is 43.7 Å². The predicted octanol–water partition coefficient (Wildman–Crippen LogP) is 4.88. The summed E-state index contributed by atoms with van der Waals surface area (Å²) >= 11 is 6.15. The number of ether oxygens (including phenoxy) is 1. The lowest BCUT2D eigenvalue weighted by atomic mass is 9.80. The van der Waals surface area contributed by atoms with Crippen molar-refractivity contribution in [3.63, 3.8) is 0 Å². The van der Waals surface area contributed by atoms with Crippen LogP contribution in [0.2, 0.25) is 30.7 Å². The van der Waals surface area contributed by atoms with E-state index in [9.17, 15) is 14.7 Å². The number of halogens is 1. The van der Waals surface area contributed by atoms with Gasteiger partial charge in [0.15, 0.2) is 0 Å². The van der Waals surface area contributed by atoms with E-state index in [2.05, 4.69) is 19.6 Å². The van der Waals surface area contributed by atoms with E-state index in [1.165, 1.54) is 0 Å². The maximum absolute atomic E-state index is 13.0. The smallest absolute Gasteiger partial charge is 0.336 e. The summed E-state index contributed by atoms with van der Waals surface area (Å²) in [5, 5.41) is 10.4. The van der Waals surface area contributed by atoms with E-state index in [1.54, 1.807) is 43.1 Å². The van der Waals surface area contributed by atoms with Crippen LogP contribution >= 0.6 is 11.6 Å². The summed E-state index contributed by atoms with van der Waals surface area (Å²) in [7, 11) is 0.402. The van der Waals surface area contributed by atoms with Crippen molar-refractivity contribution < 1.29 is 19.4 Å². The highest BCUT2D eigenvalue weighted by atomic mass is 35.5. The zero-order valence-electron chi connectivity index (χ0n) is 17.3. The molecule has 0 aromatic heterocycles. The molecule has 0 radical (unpaired) electrons. The monoisotopic (exact) mass is 421 g/mol. The van der Waals surface area contributed by atoms with E-state index >= 15 is 0 Å². The molecule has 0 saturated carbocycles. The quantitative estimate of drug-likeness (QED) is 0.523. The van der Waals surface area contributed by atoms with Crippen LogP contribution < -0.4 is 0 Å². The second-order valence-electron chi connectivity index (χ2n) is 8.30. The summed E-state index contributed by atoms with van der Waals surface area (Å²) in [5.74, 6) is -2.26. The van der Waals surface area contributed by atoms with Crippen LogP contribution in [0.1, 0.15) is 25.3 Å². The largest absolute Gasteiger partial charge is 0.478 e. The highest BCUT2D eigenvalue weighted by molar-refractivity contribution is 6.76.